The molecule has 4 nitrogen and oxygen atoms in total. The molecule has 4 aliphatic rings. The molecule has 5 rings (SSSR count). The molecule has 2 heterocycles. The summed E-state index contributed by atoms with van der Waals surface area (Å²) >= 11 is 0. The second kappa shape index (κ2) is 5.20. The summed E-state index contributed by atoms with van der Waals surface area (Å²) < 4.78 is 17.7. The summed E-state index contributed by atoms with van der Waals surface area (Å²) in [6, 6.07) is 7.34. The van der Waals surface area contributed by atoms with Crippen LogP contribution in [-0.4, -0.2) is 50.6 Å². The molecule has 3 fully saturated rings. The highest BCUT2D eigenvalue weighted by molar-refractivity contribution is 5.46. The van der Waals surface area contributed by atoms with Gasteiger partial charge >= 0.3 is 0 Å². The molecule has 130 valence electrons. The molecule has 0 amide bonds. The fourth-order valence-electron chi connectivity index (χ4n) is 5.97. The monoisotopic (exact) mass is 329 g/mol. The lowest BCUT2D eigenvalue weighted by atomic mass is 9.51. The van der Waals surface area contributed by atoms with Crippen molar-refractivity contribution >= 4 is 0 Å². The maximum absolute atomic E-state index is 6.10. The first-order valence-electron chi connectivity index (χ1n) is 9.31. The van der Waals surface area contributed by atoms with Crippen molar-refractivity contribution in [2.45, 2.75) is 49.3 Å². The topological polar surface area (TPSA) is 30.9 Å². The quantitative estimate of drug-likeness (QED) is 0.793. The Balaban J connectivity index is 1.61. The zero-order valence-corrected chi connectivity index (χ0v) is 14.7. The van der Waals surface area contributed by atoms with Crippen LogP contribution in [0.3, 0.4) is 0 Å². The van der Waals surface area contributed by atoms with Crippen molar-refractivity contribution in [3.8, 4) is 5.75 Å². The van der Waals surface area contributed by atoms with E-state index in [9.17, 15) is 0 Å². The second-order valence-electron chi connectivity index (χ2n) is 8.10. The highest BCUT2D eigenvalue weighted by Crippen LogP contribution is 2.59. The van der Waals surface area contributed by atoms with Crippen LogP contribution in [0.4, 0.5) is 0 Å². The Morgan fingerprint density at radius 2 is 2.00 bits per heavy atom. The van der Waals surface area contributed by atoms with E-state index in [0.29, 0.717) is 12.0 Å². The molecule has 0 radical (unpaired) electrons. The minimum Gasteiger partial charge on any atom is -0.497 e. The molecule has 1 spiro atoms. The third-order valence-electron chi connectivity index (χ3n) is 7.23. The van der Waals surface area contributed by atoms with Crippen LogP contribution >= 0.6 is 0 Å². The van der Waals surface area contributed by atoms with Crippen LogP contribution in [0.5, 0.6) is 5.75 Å². The van der Waals surface area contributed by atoms with Crippen LogP contribution in [-0.2, 0) is 21.3 Å². The third kappa shape index (κ3) is 1.97. The molecule has 0 N–H and O–H groups in total. The lowest BCUT2D eigenvalue weighted by Gasteiger charge is -2.60. The van der Waals surface area contributed by atoms with E-state index in [1.807, 2.05) is 0 Å². The van der Waals surface area contributed by atoms with E-state index in [1.54, 1.807) is 12.7 Å². The van der Waals surface area contributed by atoms with Gasteiger partial charge in [-0.25, -0.2) is 0 Å². The Kier molecular flexibility index (Phi) is 3.29. The van der Waals surface area contributed by atoms with Crippen LogP contribution < -0.4 is 4.74 Å². The van der Waals surface area contributed by atoms with Gasteiger partial charge in [-0.2, -0.15) is 0 Å². The Hall–Kier alpha value is -1.10. The number of likely N-dealkylation sites (N-methyl/N-ethyl adjacent to an activating group) is 1. The summed E-state index contributed by atoms with van der Waals surface area (Å²) in [7, 11) is 4.06. The number of hydrogen-bond acceptors (Lipinski definition) is 4. The van der Waals surface area contributed by atoms with Crippen molar-refractivity contribution in [2.24, 2.45) is 5.92 Å². The first kappa shape index (κ1) is 15.2. The zero-order chi connectivity index (χ0) is 16.4. The van der Waals surface area contributed by atoms with Crippen molar-refractivity contribution in [2.75, 3.05) is 33.9 Å². The van der Waals surface area contributed by atoms with Gasteiger partial charge in [-0.3, -0.25) is 0 Å². The highest BCUT2D eigenvalue weighted by atomic mass is 16.7. The average molecular weight is 329 g/mol. The molecule has 2 bridgehead atoms. The van der Waals surface area contributed by atoms with Crippen molar-refractivity contribution < 1.29 is 14.2 Å². The first-order chi connectivity index (χ1) is 11.7. The van der Waals surface area contributed by atoms with E-state index < -0.39 is 0 Å². The molecular formula is C20H27NO3. The third-order valence-corrected chi connectivity index (χ3v) is 7.23. The minimum absolute atomic E-state index is 0.278. The number of piperidine rings is 1. The SMILES string of the molecule is COc1ccc2c(c1)[C@]13CCN(C)[C@H](C2)[C@@H]1CC1(CC3)OCCO1. The average Bonchev–Trinajstić information content (AvgIpc) is 3.06. The van der Waals surface area contributed by atoms with Crippen molar-refractivity contribution in [3.63, 3.8) is 0 Å². The summed E-state index contributed by atoms with van der Waals surface area (Å²) in [6.45, 7) is 2.70. The van der Waals surface area contributed by atoms with Gasteiger partial charge < -0.3 is 19.1 Å². The van der Waals surface area contributed by atoms with Gasteiger partial charge in [0.15, 0.2) is 5.79 Å². The Bertz CT molecular complexity index is 654. The number of likely N-dealkylation sites (tertiary alicyclic amines) is 1. The van der Waals surface area contributed by atoms with Gasteiger partial charge in [0.05, 0.1) is 20.3 Å². The maximum atomic E-state index is 6.10. The van der Waals surface area contributed by atoms with E-state index in [4.69, 9.17) is 14.2 Å². The summed E-state index contributed by atoms with van der Waals surface area (Å²) in [5.74, 6) is 1.30. The molecule has 0 unspecified atom stereocenters. The Morgan fingerprint density at radius 1 is 1.17 bits per heavy atom. The number of hydrogen-bond donors (Lipinski definition) is 0. The number of benzene rings is 1. The predicted molar refractivity (Wildman–Crippen MR) is 91.4 cm³/mol. The van der Waals surface area contributed by atoms with E-state index in [1.165, 1.54) is 24.9 Å². The standard InChI is InChI=1S/C20H27NO3/c1-21-8-7-19-5-6-20(23-9-10-24-20)13-17(19)18(21)11-14-3-4-15(22-2)12-16(14)19/h3-4,12,17-18H,5-11,13H2,1-2H3/t17-,18+,19-/m0/s1. The maximum Gasteiger partial charge on any atom is 0.168 e. The van der Waals surface area contributed by atoms with Crippen molar-refractivity contribution in [1.82, 2.24) is 4.90 Å². The smallest absolute Gasteiger partial charge is 0.168 e. The highest BCUT2D eigenvalue weighted by Gasteiger charge is 2.59. The first-order valence-corrected chi connectivity index (χ1v) is 9.31. The predicted octanol–water partition coefficient (Wildman–Crippen LogP) is 2.74. The van der Waals surface area contributed by atoms with Crippen LogP contribution in [0.1, 0.15) is 36.8 Å². The number of ether oxygens (including phenoxy) is 3. The van der Waals surface area contributed by atoms with Crippen LogP contribution in [0, 0.1) is 5.92 Å². The molecule has 24 heavy (non-hydrogen) atoms. The summed E-state index contributed by atoms with van der Waals surface area (Å²) in [4.78, 5) is 2.57. The van der Waals surface area contributed by atoms with Crippen LogP contribution in [0.15, 0.2) is 18.2 Å². The van der Waals surface area contributed by atoms with Crippen LogP contribution in [0.2, 0.25) is 0 Å². The molecular weight excluding hydrogens is 302 g/mol. The molecule has 0 aromatic heterocycles. The molecule has 3 atom stereocenters. The molecule has 1 aromatic carbocycles. The summed E-state index contributed by atoms with van der Waals surface area (Å²) in [6.07, 6.45) is 5.61. The van der Waals surface area contributed by atoms with Gasteiger partial charge in [0.25, 0.3) is 0 Å². The van der Waals surface area contributed by atoms with Crippen molar-refractivity contribution in [3.05, 3.63) is 29.3 Å². The molecule has 2 aliphatic carbocycles. The fourth-order valence-corrected chi connectivity index (χ4v) is 5.97. The van der Waals surface area contributed by atoms with Gasteiger partial charge in [0.2, 0.25) is 0 Å². The van der Waals surface area contributed by atoms with E-state index in [0.717, 1.165) is 38.2 Å². The van der Waals surface area contributed by atoms with E-state index in [2.05, 4.69) is 30.1 Å². The second-order valence-corrected chi connectivity index (χ2v) is 8.10. The zero-order valence-electron chi connectivity index (χ0n) is 14.7. The normalized spacial score (nSPS) is 37.1. The molecule has 2 aliphatic heterocycles. The van der Waals surface area contributed by atoms with Gasteiger partial charge in [-0.05, 0) is 62.0 Å². The lowest BCUT2D eigenvalue weighted by Crippen LogP contribution is -2.63. The Morgan fingerprint density at radius 3 is 2.79 bits per heavy atom. The number of fused-ring (bicyclic) bond motifs is 1. The molecule has 4 heteroatoms. The van der Waals surface area contributed by atoms with Crippen molar-refractivity contribution in [1.29, 1.82) is 0 Å². The summed E-state index contributed by atoms with van der Waals surface area (Å²) in [5, 5.41) is 0. The van der Waals surface area contributed by atoms with E-state index in [-0.39, 0.29) is 11.2 Å². The molecule has 1 saturated carbocycles. The number of nitrogens with zero attached hydrogens (tertiary/aromatic N) is 1. The summed E-state index contributed by atoms with van der Waals surface area (Å²) in [5.41, 5.74) is 3.34. The minimum atomic E-state index is -0.305. The molecule has 1 aromatic rings. The Labute approximate surface area is 144 Å². The lowest BCUT2D eigenvalue weighted by molar-refractivity contribution is -0.212. The van der Waals surface area contributed by atoms with E-state index >= 15 is 0 Å². The van der Waals surface area contributed by atoms with Gasteiger partial charge in [-0.1, -0.05) is 6.07 Å². The van der Waals surface area contributed by atoms with Crippen LogP contribution in [0.25, 0.3) is 0 Å². The van der Waals surface area contributed by atoms with Gasteiger partial charge in [0.1, 0.15) is 5.75 Å². The largest absolute Gasteiger partial charge is 0.497 e. The molecule has 2 saturated heterocycles. The number of methoxy groups -OCH3 is 1. The van der Waals surface area contributed by atoms with Gasteiger partial charge in [0, 0.05) is 24.3 Å². The van der Waals surface area contributed by atoms with Gasteiger partial charge in [-0.15, -0.1) is 0 Å². The number of rotatable bonds is 1. The fraction of sp³-hybridized carbons (Fsp3) is 0.700.